The van der Waals surface area contributed by atoms with Gasteiger partial charge in [0.25, 0.3) is 0 Å². The van der Waals surface area contributed by atoms with Crippen molar-refractivity contribution >= 4 is 17.2 Å². The zero-order chi connectivity index (χ0) is 14.8. The molecular formula is C15H19N5O. The van der Waals surface area contributed by atoms with Gasteiger partial charge >= 0.3 is 0 Å². The SMILES string of the molecule is CCCN1N=C(CC)C2=CC(=O)CN(c3ccncc3)N21. The van der Waals surface area contributed by atoms with E-state index in [0.29, 0.717) is 6.54 Å². The number of hydrazine groups is 2. The van der Waals surface area contributed by atoms with E-state index in [-0.39, 0.29) is 5.78 Å². The Kier molecular flexibility index (Phi) is 3.60. The van der Waals surface area contributed by atoms with Gasteiger partial charge in [0, 0.05) is 18.5 Å². The highest BCUT2D eigenvalue weighted by atomic mass is 16.1. The van der Waals surface area contributed by atoms with E-state index in [2.05, 4.69) is 23.9 Å². The number of carbonyl (C=O) groups excluding carboxylic acids is 1. The van der Waals surface area contributed by atoms with Crippen LogP contribution in [0.25, 0.3) is 0 Å². The minimum Gasteiger partial charge on any atom is -0.293 e. The van der Waals surface area contributed by atoms with Crippen molar-refractivity contribution in [2.75, 3.05) is 18.1 Å². The van der Waals surface area contributed by atoms with Crippen LogP contribution in [0.2, 0.25) is 0 Å². The van der Waals surface area contributed by atoms with Crippen LogP contribution >= 0.6 is 0 Å². The Labute approximate surface area is 124 Å². The summed E-state index contributed by atoms with van der Waals surface area (Å²) < 4.78 is 0. The highest BCUT2D eigenvalue weighted by Gasteiger charge is 2.36. The van der Waals surface area contributed by atoms with E-state index in [9.17, 15) is 4.79 Å². The molecule has 0 saturated carbocycles. The maximum absolute atomic E-state index is 12.1. The smallest absolute Gasteiger partial charge is 0.179 e. The molecule has 0 aromatic carbocycles. The van der Waals surface area contributed by atoms with Crippen molar-refractivity contribution in [2.24, 2.45) is 5.10 Å². The van der Waals surface area contributed by atoms with E-state index < -0.39 is 0 Å². The predicted molar refractivity (Wildman–Crippen MR) is 81.2 cm³/mol. The van der Waals surface area contributed by atoms with Crippen LogP contribution in [0.3, 0.4) is 0 Å². The lowest BCUT2D eigenvalue weighted by Crippen LogP contribution is -2.53. The maximum Gasteiger partial charge on any atom is 0.179 e. The Morgan fingerprint density at radius 2 is 2.00 bits per heavy atom. The van der Waals surface area contributed by atoms with Gasteiger partial charge in [0.1, 0.15) is 12.2 Å². The van der Waals surface area contributed by atoms with Gasteiger partial charge in [-0.2, -0.15) is 15.3 Å². The fourth-order valence-electron chi connectivity index (χ4n) is 2.59. The summed E-state index contributed by atoms with van der Waals surface area (Å²) in [6.07, 6.45) is 6.97. The van der Waals surface area contributed by atoms with Gasteiger partial charge in [-0.1, -0.05) is 13.8 Å². The Hall–Kier alpha value is -2.37. The van der Waals surface area contributed by atoms with Crippen molar-refractivity contribution in [3.8, 4) is 0 Å². The summed E-state index contributed by atoms with van der Waals surface area (Å²) in [4.78, 5) is 16.1. The number of rotatable bonds is 4. The lowest BCUT2D eigenvalue weighted by molar-refractivity contribution is -0.116. The molecule has 0 saturated heterocycles. The van der Waals surface area contributed by atoms with Gasteiger partial charge in [-0.25, -0.2) is 0 Å². The van der Waals surface area contributed by atoms with Crippen LogP contribution in [0, 0.1) is 0 Å². The van der Waals surface area contributed by atoms with Crippen LogP contribution < -0.4 is 5.01 Å². The lowest BCUT2D eigenvalue weighted by atomic mass is 10.1. The first-order valence-corrected chi connectivity index (χ1v) is 7.32. The molecule has 0 aliphatic carbocycles. The van der Waals surface area contributed by atoms with Crippen molar-refractivity contribution in [2.45, 2.75) is 26.7 Å². The van der Waals surface area contributed by atoms with Gasteiger partial charge in [-0.05, 0) is 25.0 Å². The number of allylic oxidation sites excluding steroid dienone is 1. The third-order valence-electron chi connectivity index (χ3n) is 3.52. The Bertz CT molecular complexity index is 595. The Morgan fingerprint density at radius 1 is 1.24 bits per heavy atom. The molecule has 6 nitrogen and oxygen atoms in total. The van der Waals surface area contributed by atoms with Gasteiger partial charge in [0.15, 0.2) is 5.78 Å². The van der Waals surface area contributed by atoms with E-state index in [1.165, 1.54) is 0 Å². The normalized spacial score (nSPS) is 17.8. The summed E-state index contributed by atoms with van der Waals surface area (Å²) in [6.45, 7) is 5.31. The van der Waals surface area contributed by atoms with Gasteiger partial charge in [-0.3, -0.25) is 14.8 Å². The van der Waals surface area contributed by atoms with Crippen LogP contribution in [-0.4, -0.2) is 39.8 Å². The molecule has 3 heterocycles. The van der Waals surface area contributed by atoms with Crippen molar-refractivity contribution in [3.63, 3.8) is 0 Å². The fraction of sp³-hybridized carbons (Fsp3) is 0.400. The molecule has 0 N–H and O–H groups in total. The molecule has 0 unspecified atom stereocenters. The van der Waals surface area contributed by atoms with Gasteiger partial charge in [0.05, 0.1) is 17.9 Å². The number of hydrogen-bond acceptors (Lipinski definition) is 6. The maximum atomic E-state index is 12.1. The molecule has 1 aromatic heterocycles. The molecular weight excluding hydrogens is 266 g/mol. The fourth-order valence-corrected chi connectivity index (χ4v) is 2.59. The van der Waals surface area contributed by atoms with Crippen LogP contribution in [0.1, 0.15) is 26.7 Å². The number of anilines is 1. The first-order valence-electron chi connectivity index (χ1n) is 7.32. The summed E-state index contributed by atoms with van der Waals surface area (Å²) in [5.41, 5.74) is 2.78. The standard InChI is InChI=1S/C15H19N5O/c1-3-9-19-17-14(4-2)15-10-13(21)11-18(20(15)19)12-5-7-16-8-6-12/h5-8,10H,3-4,9,11H2,1-2H3. The average Bonchev–Trinajstić information content (AvgIpc) is 2.85. The van der Waals surface area contributed by atoms with Crippen molar-refractivity contribution < 1.29 is 4.79 Å². The zero-order valence-electron chi connectivity index (χ0n) is 12.4. The number of ketones is 1. The number of pyridine rings is 1. The molecule has 3 rings (SSSR count). The Morgan fingerprint density at radius 3 is 2.67 bits per heavy atom. The number of carbonyl (C=O) groups is 1. The van der Waals surface area contributed by atoms with E-state index in [1.54, 1.807) is 18.5 Å². The Balaban J connectivity index is 2.01. The van der Waals surface area contributed by atoms with Crippen LogP contribution in [0.4, 0.5) is 5.69 Å². The molecule has 0 radical (unpaired) electrons. The molecule has 2 aliphatic rings. The van der Waals surface area contributed by atoms with Gasteiger partial charge in [-0.15, -0.1) is 0 Å². The summed E-state index contributed by atoms with van der Waals surface area (Å²) >= 11 is 0. The second-order valence-electron chi connectivity index (χ2n) is 5.04. The third-order valence-corrected chi connectivity index (χ3v) is 3.52. The molecule has 0 amide bonds. The minimum atomic E-state index is 0.0950. The molecule has 1 aromatic rings. The predicted octanol–water partition coefficient (Wildman–Crippen LogP) is 1.98. The van der Waals surface area contributed by atoms with E-state index >= 15 is 0 Å². The van der Waals surface area contributed by atoms with E-state index in [4.69, 9.17) is 0 Å². The number of nitrogens with zero attached hydrogens (tertiary/aromatic N) is 5. The molecule has 21 heavy (non-hydrogen) atoms. The summed E-state index contributed by atoms with van der Waals surface area (Å²) in [5, 5.41) is 10.6. The molecule has 2 aliphatic heterocycles. The zero-order valence-corrected chi connectivity index (χ0v) is 12.4. The topological polar surface area (TPSA) is 52.0 Å². The number of fused-ring (bicyclic) bond motifs is 1. The van der Waals surface area contributed by atoms with E-state index in [0.717, 1.165) is 36.5 Å². The molecule has 0 fully saturated rings. The quantitative estimate of drug-likeness (QED) is 0.846. The average molecular weight is 285 g/mol. The third kappa shape index (κ3) is 2.37. The summed E-state index contributed by atoms with van der Waals surface area (Å²) in [6, 6.07) is 3.81. The largest absolute Gasteiger partial charge is 0.293 e. The highest BCUT2D eigenvalue weighted by molar-refractivity contribution is 6.08. The van der Waals surface area contributed by atoms with Gasteiger partial charge in [0.2, 0.25) is 0 Å². The monoisotopic (exact) mass is 285 g/mol. The summed E-state index contributed by atoms with van der Waals surface area (Å²) in [7, 11) is 0. The number of aromatic nitrogens is 1. The first kappa shape index (κ1) is 13.6. The van der Waals surface area contributed by atoms with Crippen LogP contribution in [-0.2, 0) is 4.79 Å². The summed E-state index contributed by atoms with van der Waals surface area (Å²) in [5.74, 6) is 0.0950. The minimum absolute atomic E-state index is 0.0950. The molecule has 110 valence electrons. The highest BCUT2D eigenvalue weighted by Crippen LogP contribution is 2.30. The van der Waals surface area contributed by atoms with E-state index in [1.807, 2.05) is 27.4 Å². The van der Waals surface area contributed by atoms with Crippen LogP contribution in [0.5, 0.6) is 0 Å². The first-order chi connectivity index (χ1) is 10.2. The van der Waals surface area contributed by atoms with Crippen molar-refractivity contribution in [3.05, 3.63) is 36.3 Å². The van der Waals surface area contributed by atoms with Crippen LogP contribution in [0.15, 0.2) is 41.4 Å². The number of hydrazone groups is 1. The molecule has 0 bridgehead atoms. The second-order valence-corrected chi connectivity index (χ2v) is 5.04. The molecule has 6 heteroatoms. The number of hydrogen-bond donors (Lipinski definition) is 0. The molecule has 0 atom stereocenters. The lowest BCUT2D eigenvalue weighted by Gasteiger charge is -2.41. The second kappa shape index (κ2) is 5.55. The van der Waals surface area contributed by atoms with Crippen molar-refractivity contribution in [1.82, 2.24) is 15.2 Å². The van der Waals surface area contributed by atoms with Crippen molar-refractivity contribution in [1.29, 1.82) is 0 Å². The molecule has 0 spiro atoms. The van der Waals surface area contributed by atoms with Gasteiger partial charge < -0.3 is 0 Å².